The molecule has 2 aliphatic rings. The van der Waals surface area contributed by atoms with Crippen LogP contribution in [0.5, 0.6) is 0 Å². The zero-order chi connectivity index (χ0) is 17.9. The lowest BCUT2D eigenvalue weighted by atomic mass is 9.91. The standard InChI is InChI=1S/C17H17BrF2N2O2/c1-16(2,3)24-15(23)22-6-10-11(7-22)17(10,8-21)14-12(18)4-9(19)5-13(14)20/h4-5,10-11H,6-7H2,1-3H3/t10-,11?,17+/m0/s1. The highest BCUT2D eigenvalue weighted by Crippen LogP contribution is 2.64. The molecule has 0 radical (unpaired) electrons. The molecule has 1 aliphatic carbocycles. The zero-order valence-corrected chi connectivity index (χ0v) is 15.2. The van der Waals surface area contributed by atoms with Crippen molar-refractivity contribution in [2.24, 2.45) is 11.8 Å². The van der Waals surface area contributed by atoms with Crippen molar-refractivity contribution in [1.82, 2.24) is 4.90 Å². The van der Waals surface area contributed by atoms with Gasteiger partial charge in [0, 0.05) is 41.0 Å². The second kappa shape index (κ2) is 5.41. The maximum atomic E-state index is 14.3. The topological polar surface area (TPSA) is 53.3 Å². The van der Waals surface area contributed by atoms with Crippen LogP contribution in [0.15, 0.2) is 16.6 Å². The molecular weight excluding hydrogens is 382 g/mol. The van der Waals surface area contributed by atoms with Crippen molar-refractivity contribution >= 4 is 22.0 Å². The fourth-order valence-corrected chi connectivity index (χ4v) is 4.37. The summed E-state index contributed by atoms with van der Waals surface area (Å²) in [6.45, 7) is 6.01. The second-order valence-corrected chi connectivity index (χ2v) is 8.18. The number of piperidine rings is 1. The smallest absolute Gasteiger partial charge is 0.410 e. The number of amides is 1. The van der Waals surface area contributed by atoms with Crippen molar-refractivity contribution in [1.29, 1.82) is 5.26 Å². The highest BCUT2D eigenvalue weighted by atomic mass is 79.9. The van der Waals surface area contributed by atoms with E-state index in [1.807, 2.05) is 0 Å². The van der Waals surface area contributed by atoms with Crippen LogP contribution < -0.4 is 0 Å². The van der Waals surface area contributed by atoms with E-state index < -0.39 is 28.7 Å². The van der Waals surface area contributed by atoms with Gasteiger partial charge in [-0.3, -0.25) is 0 Å². The van der Waals surface area contributed by atoms with Gasteiger partial charge >= 0.3 is 6.09 Å². The largest absolute Gasteiger partial charge is 0.444 e. The molecule has 0 N–H and O–H groups in total. The highest BCUT2D eigenvalue weighted by Gasteiger charge is 2.72. The molecule has 1 heterocycles. The van der Waals surface area contributed by atoms with Gasteiger partial charge in [0.05, 0.1) is 11.5 Å². The summed E-state index contributed by atoms with van der Waals surface area (Å²) in [5, 5.41) is 9.68. The van der Waals surface area contributed by atoms with Gasteiger partial charge in [0.15, 0.2) is 0 Å². The summed E-state index contributed by atoms with van der Waals surface area (Å²) in [6.07, 6.45) is -0.430. The molecular formula is C17H17BrF2N2O2. The van der Waals surface area contributed by atoms with E-state index in [9.17, 15) is 18.8 Å². The molecule has 1 saturated heterocycles. The van der Waals surface area contributed by atoms with Gasteiger partial charge in [-0.15, -0.1) is 0 Å². The fraction of sp³-hybridized carbons (Fsp3) is 0.529. The Morgan fingerprint density at radius 2 is 1.96 bits per heavy atom. The van der Waals surface area contributed by atoms with Crippen LogP contribution in [0.4, 0.5) is 13.6 Å². The van der Waals surface area contributed by atoms with Crippen molar-refractivity contribution in [3.05, 3.63) is 33.8 Å². The van der Waals surface area contributed by atoms with E-state index in [0.717, 1.165) is 12.1 Å². The SMILES string of the molecule is CC(C)(C)OC(=O)N1CC2[C@H](C1)[C@@]2(C#N)c1c(F)cc(F)cc1Br. The van der Waals surface area contributed by atoms with E-state index in [1.54, 1.807) is 25.7 Å². The first-order valence-corrected chi connectivity index (χ1v) is 8.43. The third-order valence-corrected chi connectivity index (χ3v) is 5.26. The number of fused-ring (bicyclic) bond motifs is 1. The molecule has 0 bridgehead atoms. The number of nitrogens with zero attached hydrogens (tertiary/aromatic N) is 2. The molecule has 1 aromatic rings. The summed E-state index contributed by atoms with van der Waals surface area (Å²) in [4.78, 5) is 13.7. The van der Waals surface area contributed by atoms with Crippen LogP contribution >= 0.6 is 15.9 Å². The first-order valence-electron chi connectivity index (χ1n) is 7.64. The van der Waals surface area contributed by atoms with Gasteiger partial charge in [-0.2, -0.15) is 5.26 Å². The lowest BCUT2D eigenvalue weighted by Crippen LogP contribution is -2.39. The number of carbonyl (C=O) groups excluding carboxylic acids is 1. The van der Waals surface area contributed by atoms with E-state index in [1.165, 1.54) is 0 Å². The Morgan fingerprint density at radius 3 is 2.42 bits per heavy atom. The molecule has 1 aromatic carbocycles. The fourth-order valence-electron chi connectivity index (χ4n) is 3.64. The third-order valence-electron chi connectivity index (χ3n) is 4.64. The molecule has 1 saturated carbocycles. The summed E-state index contributed by atoms with van der Waals surface area (Å²) in [5.41, 5.74) is -1.43. The molecule has 3 atom stereocenters. The van der Waals surface area contributed by atoms with Gasteiger partial charge in [0.1, 0.15) is 17.2 Å². The van der Waals surface area contributed by atoms with Gasteiger partial charge in [-0.25, -0.2) is 13.6 Å². The van der Waals surface area contributed by atoms with Crippen molar-refractivity contribution in [3.63, 3.8) is 0 Å². The Hall–Kier alpha value is -1.68. The minimum absolute atomic E-state index is 0.175. The molecule has 0 spiro atoms. The average Bonchev–Trinajstić information content (AvgIpc) is 2.81. The summed E-state index contributed by atoms with van der Waals surface area (Å²) in [7, 11) is 0. The molecule has 1 aliphatic heterocycles. The van der Waals surface area contributed by atoms with E-state index in [2.05, 4.69) is 22.0 Å². The number of halogens is 3. The molecule has 2 fully saturated rings. The lowest BCUT2D eigenvalue weighted by molar-refractivity contribution is 0.0266. The Morgan fingerprint density at radius 1 is 1.38 bits per heavy atom. The maximum Gasteiger partial charge on any atom is 0.410 e. The average molecular weight is 399 g/mol. The maximum absolute atomic E-state index is 14.3. The lowest BCUT2D eigenvalue weighted by Gasteiger charge is -2.27. The van der Waals surface area contributed by atoms with Crippen molar-refractivity contribution in [3.8, 4) is 6.07 Å². The third kappa shape index (κ3) is 2.57. The monoisotopic (exact) mass is 398 g/mol. The minimum Gasteiger partial charge on any atom is -0.444 e. The molecule has 4 nitrogen and oxygen atoms in total. The molecule has 7 heteroatoms. The Kier molecular flexibility index (Phi) is 3.87. The van der Waals surface area contributed by atoms with Crippen LogP contribution in [0.25, 0.3) is 0 Å². The summed E-state index contributed by atoms with van der Waals surface area (Å²) < 4.78 is 33.2. The van der Waals surface area contributed by atoms with Gasteiger partial charge in [-0.1, -0.05) is 15.9 Å². The van der Waals surface area contributed by atoms with E-state index in [-0.39, 0.29) is 21.9 Å². The van der Waals surface area contributed by atoms with Gasteiger partial charge in [0.2, 0.25) is 0 Å². The van der Waals surface area contributed by atoms with Crippen LogP contribution in [0.2, 0.25) is 0 Å². The van der Waals surface area contributed by atoms with Crippen LogP contribution in [-0.4, -0.2) is 29.7 Å². The first-order chi connectivity index (χ1) is 11.1. The first kappa shape index (κ1) is 17.2. The summed E-state index contributed by atoms with van der Waals surface area (Å²) in [6, 6.07) is 4.16. The van der Waals surface area contributed by atoms with Crippen LogP contribution in [-0.2, 0) is 10.2 Å². The number of ether oxygens (including phenoxy) is 1. The molecule has 24 heavy (non-hydrogen) atoms. The van der Waals surface area contributed by atoms with Crippen LogP contribution in [0, 0.1) is 34.8 Å². The van der Waals surface area contributed by atoms with Gasteiger partial charge < -0.3 is 9.64 Å². The predicted octanol–water partition coefficient (Wildman–Crippen LogP) is 3.99. The zero-order valence-electron chi connectivity index (χ0n) is 13.6. The van der Waals surface area contributed by atoms with Crippen molar-refractivity contribution in [2.75, 3.05) is 13.1 Å². The molecule has 1 amide bonds. The summed E-state index contributed by atoms with van der Waals surface area (Å²) in [5.74, 6) is -1.78. The highest BCUT2D eigenvalue weighted by molar-refractivity contribution is 9.10. The minimum atomic E-state index is -1.02. The Bertz CT molecular complexity index is 719. The molecule has 1 unspecified atom stereocenters. The number of nitriles is 1. The predicted molar refractivity (Wildman–Crippen MR) is 86.1 cm³/mol. The van der Waals surface area contributed by atoms with E-state index in [4.69, 9.17) is 4.74 Å². The number of hydrogen-bond donors (Lipinski definition) is 0. The van der Waals surface area contributed by atoms with Gasteiger partial charge in [-0.05, 0) is 26.8 Å². The van der Waals surface area contributed by atoms with Crippen LogP contribution in [0.1, 0.15) is 26.3 Å². The Balaban J connectivity index is 1.82. The number of likely N-dealkylation sites (tertiary alicyclic amines) is 1. The van der Waals surface area contributed by atoms with E-state index in [0.29, 0.717) is 13.1 Å². The number of rotatable bonds is 1. The number of benzene rings is 1. The van der Waals surface area contributed by atoms with Crippen molar-refractivity contribution in [2.45, 2.75) is 31.8 Å². The quantitative estimate of drug-likeness (QED) is 0.718. The van der Waals surface area contributed by atoms with Gasteiger partial charge in [0.25, 0.3) is 0 Å². The Labute approximate surface area is 147 Å². The number of carbonyl (C=O) groups is 1. The van der Waals surface area contributed by atoms with Crippen LogP contribution in [0.3, 0.4) is 0 Å². The normalized spacial score (nSPS) is 28.3. The summed E-state index contributed by atoms with van der Waals surface area (Å²) >= 11 is 3.17. The van der Waals surface area contributed by atoms with Crippen molar-refractivity contribution < 1.29 is 18.3 Å². The molecule has 3 rings (SSSR count). The second-order valence-electron chi connectivity index (χ2n) is 7.32. The molecule has 0 aromatic heterocycles. The van der Waals surface area contributed by atoms with E-state index >= 15 is 0 Å². The number of hydrogen-bond acceptors (Lipinski definition) is 3. The molecule has 128 valence electrons.